The lowest BCUT2D eigenvalue weighted by Gasteiger charge is -2.34. The van der Waals surface area contributed by atoms with Crippen LogP contribution in [0.3, 0.4) is 0 Å². The van der Waals surface area contributed by atoms with Gasteiger partial charge in [-0.05, 0) is 6.42 Å². The van der Waals surface area contributed by atoms with E-state index < -0.39 is 24.2 Å². The highest BCUT2D eigenvalue weighted by Gasteiger charge is 2.36. The van der Waals surface area contributed by atoms with Crippen LogP contribution in [0.4, 0.5) is 4.79 Å². The summed E-state index contributed by atoms with van der Waals surface area (Å²) >= 11 is 0. The predicted molar refractivity (Wildman–Crippen MR) is 50.2 cm³/mol. The summed E-state index contributed by atoms with van der Waals surface area (Å²) < 4.78 is 9.11. The second-order valence-electron chi connectivity index (χ2n) is 3.38. The van der Waals surface area contributed by atoms with Gasteiger partial charge in [-0.15, -0.1) is 0 Å². The molecule has 1 amide bonds. The molecule has 86 valence electrons. The van der Waals surface area contributed by atoms with Crippen molar-refractivity contribution in [2.24, 2.45) is 0 Å². The number of aliphatic hydroxyl groups is 1. The number of piperidine rings is 1. The first-order valence-corrected chi connectivity index (χ1v) is 4.70. The molecule has 0 spiro atoms. The molecule has 1 heterocycles. The van der Waals surface area contributed by atoms with Crippen molar-refractivity contribution in [1.29, 1.82) is 0 Å². The second kappa shape index (κ2) is 4.97. The zero-order valence-electron chi connectivity index (χ0n) is 8.80. The number of hydrogen-bond acceptors (Lipinski definition) is 5. The first-order valence-electron chi connectivity index (χ1n) is 4.70. The third kappa shape index (κ3) is 2.59. The highest BCUT2D eigenvalue weighted by atomic mass is 16.5. The van der Waals surface area contributed by atoms with Gasteiger partial charge >= 0.3 is 12.1 Å². The number of carbonyl (C=O) groups excluding carboxylic acids is 2. The summed E-state index contributed by atoms with van der Waals surface area (Å²) in [5.41, 5.74) is 0. The zero-order chi connectivity index (χ0) is 11.4. The lowest BCUT2D eigenvalue weighted by atomic mass is 10.0. The molecule has 0 aromatic rings. The highest BCUT2D eigenvalue weighted by Crippen LogP contribution is 2.19. The molecule has 6 nitrogen and oxygen atoms in total. The van der Waals surface area contributed by atoms with Crippen LogP contribution in [0, 0.1) is 0 Å². The number of aliphatic hydroxyl groups excluding tert-OH is 1. The van der Waals surface area contributed by atoms with E-state index in [1.54, 1.807) is 0 Å². The van der Waals surface area contributed by atoms with Crippen molar-refractivity contribution in [3.63, 3.8) is 0 Å². The molecule has 1 aliphatic heterocycles. The number of hydrogen-bond donors (Lipinski definition) is 1. The summed E-state index contributed by atoms with van der Waals surface area (Å²) in [5.74, 6) is -0.529. The number of carbonyl (C=O) groups is 2. The lowest BCUT2D eigenvalue weighted by molar-refractivity contribution is -0.149. The topological polar surface area (TPSA) is 76.1 Å². The van der Waals surface area contributed by atoms with Crippen molar-refractivity contribution in [3.8, 4) is 0 Å². The van der Waals surface area contributed by atoms with Gasteiger partial charge in [0.25, 0.3) is 0 Å². The van der Waals surface area contributed by atoms with Gasteiger partial charge in [-0.25, -0.2) is 9.59 Å². The van der Waals surface area contributed by atoms with E-state index in [0.717, 1.165) is 0 Å². The number of nitrogens with zero attached hydrogens (tertiary/aromatic N) is 1. The van der Waals surface area contributed by atoms with E-state index in [9.17, 15) is 14.7 Å². The Balaban J connectivity index is 2.74. The van der Waals surface area contributed by atoms with Crippen molar-refractivity contribution in [2.45, 2.75) is 25.0 Å². The number of methoxy groups -OCH3 is 2. The van der Waals surface area contributed by atoms with Crippen LogP contribution >= 0.6 is 0 Å². The maximum Gasteiger partial charge on any atom is 0.410 e. The average Bonchev–Trinajstić information content (AvgIpc) is 2.26. The van der Waals surface area contributed by atoms with Crippen LogP contribution in [0.2, 0.25) is 0 Å². The average molecular weight is 217 g/mol. The Bertz CT molecular complexity index is 255. The number of likely N-dealkylation sites (tertiary alicyclic amines) is 1. The van der Waals surface area contributed by atoms with Gasteiger partial charge in [-0.2, -0.15) is 0 Å². The van der Waals surface area contributed by atoms with Crippen molar-refractivity contribution >= 4 is 12.1 Å². The minimum atomic E-state index is -0.744. The molecule has 1 N–H and O–H groups in total. The van der Waals surface area contributed by atoms with Gasteiger partial charge in [0.2, 0.25) is 0 Å². The molecule has 0 aliphatic carbocycles. The number of ether oxygens (including phenoxy) is 2. The first-order chi connectivity index (χ1) is 7.10. The molecule has 2 atom stereocenters. The molecule has 1 saturated heterocycles. The largest absolute Gasteiger partial charge is 0.467 e. The lowest BCUT2D eigenvalue weighted by Crippen LogP contribution is -2.51. The monoisotopic (exact) mass is 217 g/mol. The molecule has 0 aromatic carbocycles. The van der Waals surface area contributed by atoms with Crippen molar-refractivity contribution < 1.29 is 24.2 Å². The summed E-state index contributed by atoms with van der Waals surface area (Å²) in [7, 11) is 2.50. The molecule has 6 heteroatoms. The van der Waals surface area contributed by atoms with Crippen LogP contribution in [0.25, 0.3) is 0 Å². The molecule has 0 radical (unpaired) electrons. The standard InChI is InChI=1S/C9H15NO5/c1-14-8(12)7-5-6(11)3-4-10(7)9(13)15-2/h6-7,11H,3-5H2,1-2H3/t6-,7+/m1/s1. The Morgan fingerprint density at radius 2 is 2.00 bits per heavy atom. The minimum Gasteiger partial charge on any atom is -0.467 e. The second-order valence-corrected chi connectivity index (χ2v) is 3.38. The van der Waals surface area contributed by atoms with Crippen molar-refractivity contribution in [1.82, 2.24) is 4.90 Å². The minimum absolute atomic E-state index is 0.196. The van der Waals surface area contributed by atoms with Crippen LogP contribution in [0.1, 0.15) is 12.8 Å². The molecule has 0 unspecified atom stereocenters. The zero-order valence-corrected chi connectivity index (χ0v) is 8.80. The maximum absolute atomic E-state index is 11.4. The Morgan fingerprint density at radius 1 is 1.33 bits per heavy atom. The van der Waals surface area contributed by atoms with E-state index in [2.05, 4.69) is 9.47 Å². The highest BCUT2D eigenvalue weighted by molar-refractivity contribution is 5.81. The fourth-order valence-corrected chi connectivity index (χ4v) is 1.64. The van der Waals surface area contributed by atoms with Gasteiger partial charge < -0.3 is 14.6 Å². The molecule has 1 fully saturated rings. The number of rotatable bonds is 1. The Labute approximate surface area is 87.8 Å². The van der Waals surface area contributed by atoms with Crippen molar-refractivity contribution in [3.05, 3.63) is 0 Å². The van der Waals surface area contributed by atoms with E-state index in [1.165, 1.54) is 19.1 Å². The van der Waals surface area contributed by atoms with Gasteiger partial charge in [0.1, 0.15) is 6.04 Å². The van der Waals surface area contributed by atoms with E-state index in [0.29, 0.717) is 13.0 Å². The fourth-order valence-electron chi connectivity index (χ4n) is 1.64. The molecular formula is C9H15NO5. The first kappa shape index (κ1) is 11.8. The maximum atomic E-state index is 11.4. The summed E-state index contributed by atoms with van der Waals surface area (Å²) in [6, 6.07) is -0.744. The quantitative estimate of drug-likeness (QED) is 0.613. The van der Waals surface area contributed by atoms with Gasteiger partial charge in [0.15, 0.2) is 0 Å². The van der Waals surface area contributed by atoms with Crippen LogP contribution < -0.4 is 0 Å². The third-order valence-corrected chi connectivity index (χ3v) is 2.46. The third-order valence-electron chi connectivity index (χ3n) is 2.46. The van der Waals surface area contributed by atoms with E-state index >= 15 is 0 Å². The molecule has 0 saturated carbocycles. The Kier molecular flexibility index (Phi) is 3.90. The van der Waals surface area contributed by atoms with Crippen LogP contribution in [0.5, 0.6) is 0 Å². The van der Waals surface area contributed by atoms with Gasteiger partial charge in [-0.3, -0.25) is 4.90 Å². The van der Waals surface area contributed by atoms with Crippen LogP contribution in [-0.4, -0.2) is 55.0 Å². The summed E-state index contributed by atoms with van der Waals surface area (Å²) in [6.45, 7) is 0.299. The van der Waals surface area contributed by atoms with Gasteiger partial charge in [-0.1, -0.05) is 0 Å². The SMILES string of the molecule is COC(=O)[C@@H]1C[C@H](O)CCN1C(=O)OC. The predicted octanol–water partition coefficient (Wildman–Crippen LogP) is -0.249. The van der Waals surface area contributed by atoms with Gasteiger partial charge in [0.05, 0.1) is 20.3 Å². The smallest absolute Gasteiger partial charge is 0.410 e. The van der Waals surface area contributed by atoms with Gasteiger partial charge in [0, 0.05) is 13.0 Å². The number of esters is 1. The normalized spacial score (nSPS) is 25.9. The Hall–Kier alpha value is -1.30. The molecule has 1 rings (SSSR count). The molecule has 0 aromatic heterocycles. The fraction of sp³-hybridized carbons (Fsp3) is 0.778. The van der Waals surface area contributed by atoms with E-state index in [4.69, 9.17) is 0 Å². The molecule has 15 heavy (non-hydrogen) atoms. The Morgan fingerprint density at radius 3 is 2.53 bits per heavy atom. The molecular weight excluding hydrogens is 202 g/mol. The summed E-state index contributed by atoms with van der Waals surface area (Å²) in [5, 5.41) is 9.41. The van der Waals surface area contributed by atoms with E-state index in [1.807, 2.05) is 0 Å². The van der Waals surface area contributed by atoms with Crippen LogP contribution in [-0.2, 0) is 14.3 Å². The summed E-state index contributed by atoms with van der Waals surface area (Å²) in [4.78, 5) is 24.0. The molecule has 1 aliphatic rings. The van der Waals surface area contributed by atoms with Crippen molar-refractivity contribution in [2.75, 3.05) is 20.8 Å². The molecule has 0 bridgehead atoms. The summed E-state index contributed by atoms with van der Waals surface area (Å²) in [6.07, 6.45) is -0.503. The number of amides is 1. The van der Waals surface area contributed by atoms with E-state index in [-0.39, 0.29) is 6.42 Å². The van der Waals surface area contributed by atoms with Crippen LogP contribution in [0.15, 0.2) is 0 Å².